The number of halogens is 1. The van der Waals surface area contributed by atoms with Gasteiger partial charge in [0.2, 0.25) is 0 Å². The van der Waals surface area contributed by atoms with Gasteiger partial charge in [-0.15, -0.1) is 0 Å². The minimum absolute atomic E-state index is 0.241. The summed E-state index contributed by atoms with van der Waals surface area (Å²) in [5.41, 5.74) is 2.98. The molecular weight excluding hydrogens is 364 g/mol. The van der Waals surface area contributed by atoms with Crippen LogP contribution in [0.3, 0.4) is 0 Å². The van der Waals surface area contributed by atoms with E-state index < -0.39 is 5.97 Å². The van der Waals surface area contributed by atoms with Gasteiger partial charge in [-0.3, -0.25) is 4.57 Å². The molecule has 2 aromatic carbocycles. The van der Waals surface area contributed by atoms with E-state index in [9.17, 15) is 15.0 Å². The number of rotatable bonds is 6. The summed E-state index contributed by atoms with van der Waals surface area (Å²) in [5, 5.41) is 19.3. The summed E-state index contributed by atoms with van der Waals surface area (Å²) >= 11 is 6.17. The van der Waals surface area contributed by atoms with Crippen LogP contribution in [0, 0.1) is 0 Å². The summed E-state index contributed by atoms with van der Waals surface area (Å²) in [6, 6.07) is 14.3. The molecule has 3 rings (SSSR count). The molecule has 0 saturated carbocycles. The van der Waals surface area contributed by atoms with Crippen molar-refractivity contribution in [2.24, 2.45) is 0 Å². The molecule has 6 heteroatoms. The van der Waals surface area contributed by atoms with Gasteiger partial charge >= 0.3 is 5.97 Å². The van der Waals surface area contributed by atoms with Crippen LogP contribution in [-0.2, 0) is 6.61 Å². The summed E-state index contributed by atoms with van der Waals surface area (Å²) in [4.78, 5) is 15.8. The fourth-order valence-corrected chi connectivity index (χ4v) is 3.15. The number of hydrogen-bond acceptors (Lipinski definition) is 3. The first-order valence-electron chi connectivity index (χ1n) is 8.54. The van der Waals surface area contributed by atoms with Crippen molar-refractivity contribution in [3.63, 3.8) is 0 Å². The lowest BCUT2D eigenvalue weighted by Crippen LogP contribution is -2.03. The molecule has 0 spiro atoms. The Kier molecular flexibility index (Phi) is 5.74. The molecule has 138 valence electrons. The Bertz CT molecular complexity index is 991. The van der Waals surface area contributed by atoms with Crippen molar-refractivity contribution in [2.45, 2.75) is 20.0 Å². The zero-order chi connectivity index (χ0) is 19.4. The average Bonchev–Trinajstić information content (AvgIpc) is 3.01. The number of benzene rings is 2. The summed E-state index contributed by atoms with van der Waals surface area (Å²) < 4.78 is 1.79. The van der Waals surface area contributed by atoms with Crippen molar-refractivity contribution in [3.8, 4) is 16.8 Å². The van der Waals surface area contributed by atoms with Gasteiger partial charge in [0.05, 0.1) is 17.9 Å². The number of aliphatic hydroxyl groups excluding tert-OH is 1. The zero-order valence-corrected chi connectivity index (χ0v) is 15.5. The monoisotopic (exact) mass is 382 g/mol. The fraction of sp³-hybridized carbons (Fsp3) is 0.143. The highest BCUT2D eigenvalue weighted by molar-refractivity contribution is 6.30. The number of allylic oxidation sites excluding steroid dienone is 1. The van der Waals surface area contributed by atoms with E-state index in [0.29, 0.717) is 17.1 Å². The Labute approximate surface area is 162 Å². The molecule has 3 aromatic rings. The van der Waals surface area contributed by atoms with Crippen molar-refractivity contribution >= 4 is 23.6 Å². The molecule has 2 N–H and O–H groups in total. The molecule has 0 radical (unpaired) electrons. The highest BCUT2D eigenvalue weighted by Crippen LogP contribution is 2.28. The molecule has 1 heterocycles. The summed E-state index contributed by atoms with van der Waals surface area (Å²) in [7, 11) is 0. The molecule has 0 amide bonds. The van der Waals surface area contributed by atoms with E-state index in [1.165, 1.54) is 0 Å². The number of carbonyl (C=O) groups is 1. The van der Waals surface area contributed by atoms with Crippen LogP contribution in [0.5, 0.6) is 0 Å². The van der Waals surface area contributed by atoms with E-state index >= 15 is 0 Å². The number of aromatic nitrogens is 2. The third-order valence-electron chi connectivity index (χ3n) is 4.20. The standard InChI is InChI=1S/C21H19ClN2O3/c1-2-3-8-19-23-20(22)18(13-25)24(19)15-11-9-14(10-12-15)16-6-4-5-7-17(16)21(26)27/h3-12,25H,2,13H2,1H3,(H,26,27)/b8-3+. The molecule has 0 bridgehead atoms. The van der Waals surface area contributed by atoms with Gasteiger partial charge < -0.3 is 10.2 Å². The Morgan fingerprint density at radius 3 is 2.52 bits per heavy atom. The van der Waals surface area contributed by atoms with Crippen molar-refractivity contribution in [2.75, 3.05) is 0 Å². The van der Waals surface area contributed by atoms with Crippen LogP contribution in [0.4, 0.5) is 0 Å². The lowest BCUT2D eigenvalue weighted by Gasteiger charge is -2.11. The topological polar surface area (TPSA) is 75.4 Å². The summed E-state index contributed by atoms with van der Waals surface area (Å²) in [6.45, 7) is 1.78. The van der Waals surface area contributed by atoms with Crippen LogP contribution in [-0.4, -0.2) is 25.7 Å². The van der Waals surface area contributed by atoms with Gasteiger partial charge in [0.1, 0.15) is 5.82 Å². The number of aromatic carboxylic acids is 1. The van der Waals surface area contributed by atoms with Gasteiger partial charge in [-0.05, 0) is 41.8 Å². The van der Waals surface area contributed by atoms with Crippen molar-refractivity contribution in [3.05, 3.63) is 76.8 Å². The first kappa shape index (κ1) is 18.9. The van der Waals surface area contributed by atoms with E-state index in [4.69, 9.17) is 11.6 Å². The lowest BCUT2D eigenvalue weighted by atomic mass is 9.99. The number of aliphatic hydroxyl groups is 1. The van der Waals surface area contributed by atoms with Crippen molar-refractivity contribution in [1.29, 1.82) is 0 Å². The second kappa shape index (κ2) is 8.20. The van der Waals surface area contributed by atoms with Gasteiger partial charge in [0, 0.05) is 5.69 Å². The highest BCUT2D eigenvalue weighted by Gasteiger charge is 2.16. The molecular formula is C21H19ClN2O3. The molecule has 0 aliphatic heterocycles. The normalized spacial score (nSPS) is 11.2. The van der Waals surface area contributed by atoms with E-state index in [1.54, 1.807) is 22.8 Å². The summed E-state index contributed by atoms with van der Waals surface area (Å²) in [6.07, 6.45) is 4.68. The van der Waals surface area contributed by atoms with E-state index in [2.05, 4.69) is 4.98 Å². The second-order valence-corrected chi connectivity index (χ2v) is 6.27. The Hall–Kier alpha value is -2.89. The Balaban J connectivity index is 2.07. The lowest BCUT2D eigenvalue weighted by molar-refractivity contribution is 0.0697. The van der Waals surface area contributed by atoms with Crippen LogP contribution < -0.4 is 0 Å². The van der Waals surface area contributed by atoms with Gasteiger partial charge in [0.15, 0.2) is 5.15 Å². The van der Waals surface area contributed by atoms with Crippen LogP contribution >= 0.6 is 11.6 Å². The van der Waals surface area contributed by atoms with Gasteiger partial charge in [-0.25, -0.2) is 9.78 Å². The smallest absolute Gasteiger partial charge is 0.336 e. The SMILES string of the molecule is CC/C=C/c1nc(Cl)c(CO)n1-c1ccc(-c2ccccc2C(=O)O)cc1. The quantitative estimate of drug-likeness (QED) is 0.641. The molecule has 0 fully saturated rings. The Morgan fingerprint density at radius 1 is 1.19 bits per heavy atom. The molecule has 5 nitrogen and oxygen atoms in total. The molecule has 0 aliphatic rings. The minimum Gasteiger partial charge on any atom is -0.478 e. The Morgan fingerprint density at radius 2 is 1.89 bits per heavy atom. The second-order valence-electron chi connectivity index (χ2n) is 5.91. The molecule has 0 unspecified atom stereocenters. The van der Waals surface area contributed by atoms with Crippen molar-refractivity contribution < 1.29 is 15.0 Å². The highest BCUT2D eigenvalue weighted by atomic mass is 35.5. The van der Waals surface area contributed by atoms with Crippen LogP contribution in [0.1, 0.15) is 35.2 Å². The third kappa shape index (κ3) is 3.79. The largest absolute Gasteiger partial charge is 0.478 e. The molecule has 0 saturated heterocycles. The van der Waals surface area contributed by atoms with E-state index in [1.807, 2.05) is 49.4 Å². The maximum Gasteiger partial charge on any atom is 0.336 e. The van der Waals surface area contributed by atoms with Crippen molar-refractivity contribution in [1.82, 2.24) is 9.55 Å². The maximum absolute atomic E-state index is 11.5. The number of nitrogens with zero attached hydrogens (tertiary/aromatic N) is 2. The predicted octanol–water partition coefficient (Wildman–Crippen LogP) is 4.81. The van der Waals surface area contributed by atoms with Crippen LogP contribution in [0.25, 0.3) is 22.9 Å². The fourth-order valence-electron chi connectivity index (χ4n) is 2.92. The average molecular weight is 383 g/mol. The zero-order valence-electron chi connectivity index (χ0n) is 14.8. The molecule has 0 aliphatic carbocycles. The number of imidazole rings is 1. The van der Waals surface area contributed by atoms with Crippen LogP contribution in [0.2, 0.25) is 5.15 Å². The number of hydrogen-bond donors (Lipinski definition) is 2. The van der Waals surface area contributed by atoms with Gasteiger partial charge in [-0.2, -0.15) is 0 Å². The molecule has 27 heavy (non-hydrogen) atoms. The van der Waals surface area contributed by atoms with Crippen LogP contribution in [0.15, 0.2) is 54.6 Å². The van der Waals surface area contributed by atoms with E-state index in [0.717, 1.165) is 17.7 Å². The minimum atomic E-state index is -0.967. The number of carboxylic acids is 1. The van der Waals surface area contributed by atoms with Gasteiger partial charge in [0.25, 0.3) is 0 Å². The number of carboxylic acid groups (broad SMARTS) is 1. The summed E-state index contributed by atoms with van der Waals surface area (Å²) in [5.74, 6) is -0.338. The molecule has 0 atom stereocenters. The van der Waals surface area contributed by atoms with E-state index in [-0.39, 0.29) is 17.3 Å². The first-order valence-corrected chi connectivity index (χ1v) is 8.92. The molecule has 1 aromatic heterocycles. The van der Waals surface area contributed by atoms with Gasteiger partial charge in [-0.1, -0.05) is 54.9 Å². The third-order valence-corrected chi connectivity index (χ3v) is 4.50. The first-order chi connectivity index (χ1) is 13.1. The maximum atomic E-state index is 11.5. The predicted molar refractivity (Wildman–Crippen MR) is 106 cm³/mol.